The van der Waals surface area contributed by atoms with Crippen LogP contribution in [0.5, 0.6) is 5.75 Å². The van der Waals surface area contributed by atoms with Gasteiger partial charge >= 0.3 is 12.5 Å². The van der Waals surface area contributed by atoms with Crippen LogP contribution in [0.2, 0.25) is 0 Å². The number of hydrogen-bond donors (Lipinski definition) is 2. The number of rotatable bonds is 5. The Kier molecular flexibility index (Phi) is 4.30. The summed E-state index contributed by atoms with van der Waals surface area (Å²) in [6.07, 6.45) is -8.46. The summed E-state index contributed by atoms with van der Waals surface area (Å²) in [4.78, 5) is 0. The zero-order chi connectivity index (χ0) is 13.1. The summed E-state index contributed by atoms with van der Waals surface area (Å²) in [6.45, 7) is -0.0133. The van der Waals surface area contributed by atoms with E-state index in [9.17, 15) is 17.6 Å². The largest absolute Gasteiger partial charge is 0.461 e. The van der Waals surface area contributed by atoms with Crippen molar-refractivity contribution in [2.45, 2.75) is 18.6 Å². The van der Waals surface area contributed by atoms with E-state index in [1.807, 2.05) is 0 Å². The maximum atomic E-state index is 12.7. The molecule has 7 heteroatoms. The summed E-state index contributed by atoms with van der Waals surface area (Å²) in [5, 5.41) is 0. The smallest absolute Gasteiger partial charge is 0.428 e. The highest BCUT2D eigenvalue weighted by molar-refractivity contribution is 5.36. The third-order valence-corrected chi connectivity index (χ3v) is 2.07. The molecule has 0 heterocycles. The predicted molar refractivity (Wildman–Crippen MR) is 54.0 cm³/mol. The minimum atomic E-state index is -4.55. The van der Waals surface area contributed by atoms with Crippen molar-refractivity contribution in [3.63, 3.8) is 0 Å². The zero-order valence-corrected chi connectivity index (χ0v) is 8.75. The van der Waals surface area contributed by atoms with Gasteiger partial charge in [0, 0.05) is 18.2 Å². The molecule has 3 nitrogen and oxygen atoms in total. The first-order chi connectivity index (χ1) is 7.88. The molecular formula is C10H12F4N2O. The topological polar surface area (TPSA) is 61.3 Å². The fraction of sp³-hybridized carbons (Fsp3) is 0.400. The average molecular weight is 252 g/mol. The van der Waals surface area contributed by atoms with Gasteiger partial charge in [0.2, 0.25) is 0 Å². The highest BCUT2D eigenvalue weighted by Crippen LogP contribution is 2.31. The first-order valence-electron chi connectivity index (χ1n) is 4.78. The molecule has 0 saturated heterocycles. The van der Waals surface area contributed by atoms with E-state index in [0.717, 1.165) is 6.07 Å². The quantitative estimate of drug-likeness (QED) is 0.786. The van der Waals surface area contributed by atoms with E-state index < -0.39 is 24.3 Å². The molecule has 0 bridgehead atoms. The fourth-order valence-corrected chi connectivity index (χ4v) is 1.20. The monoisotopic (exact) mass is 252 g/mol. The summed E-state index contributed by atoms with van der Waals surface area (Å²) in [6, 6.07) is 4.69. The molecule has 0 spiro atoms. The van der Waals surface area contributed by atoms with Crippen LogP contribution in [0, 0.1) is 0 Å². The second-order valence-electron chi connectivity index (χ2n) is 3.34. The van der Waals surface area contributed by atoms with Gasteiger partial charge in [-0.25, -0.2) is 0 Å². The lowest BCUT2D eigenvalue weighted by Gasteiger charge is -2.20. The van der Waals surface area contributed by atoms with Crippen LogP contribution >= 0.6 is 0 Å². The fourth-order valence-electron chi connectivity index (χ4n) is 1.20. The molecule has 0 unspecified atom stereocenters. The van der Waals surface area contributed by atoms with Gasteiger partial charge in [-0.2, -0.15) is 17.6 Å². The van der Waals surface area contributed by atoms with Crippen molar-refractivity contribution in [1.29, 1.82) is 0 Å². The molecule has 0 saturated carbocycles. The van der Waals surface area contributed by atoms with Crippen LogP contribution in [0.4, 0.5) is 17.6 Å². The third-order valence-electron chi connectivity index (χ3n) is 2.07. The van der Waals surface area contributed by atoms with E-state index in [-0.39, 0.29) is 12.1 Å². The van der Waals surface area contributed by atoms with E-state index in [0.29, 0.717) is 0 Å². The molecule has 1 aromatic carbocycles. The molecule has 0 amide bonds. The molecule has 0 aliphatic carbocycles. The van der Waals surface area contributed by atoms with Crippen molar-refractivity contribution in [2.75, 3.05) is 6.54 Å². The Hall–Kier alpha value is -1.34. The Morgan fingerprint density at radius 2 is 1.82 bits per heavy atom. The first-order valence-corrected chi connectivity index (χ1v) is 4.78. The Labute approximate surface area is 95.3 Å². The van der Waals surface area contributed by atoms with Gasteiger partial charge in [0.05, 0.1) is 0 Å². The van der Waals surface area contributed by atoms with Crippen molar-refractivity contribution < 1.29 is 22.3 Å². The van der Waals surface area contributed by atoms with Crippen molar-refractivity contribution in [3.05, 3.63) is 29.8 Å². The van der Waals surface area contributed by atoms with E-state index in [1.165, 1.54) is 18.2 Å². The van der Waals surface area contributed by atoms with Gasteiger partial charge in [0.25, 0.3) is 0 Å². The molecule has 0 radical (unpaired) electrons. The number of para-hydroxylation sites is 1. The van der Waals surface area contributed by atoms with Crippen LogP contribution in [0.3, 0.4) is 0 Å². The molecule has 17 heavy (non-hydrogen) atoms. The third kappa shape index (κ3) is 3.31. The number of ether oxygens (including phenoxy) is 1. The summed E-state index contributed by atoms with van der Waals surface area (Å²) in [7, 11) is 0. The van der Waals surface area contributed by atoms with Crippen molar-refractivity contribution in [3.8, 4) is 5.75 Å². The average Bonchev–Trinajstić information content (AvgIpc) is 2.28. The maximum absolute atomic E-state index is 12.7. The van der Waals surface area contributed by atoms with Crippen molar-refractivity contribution in [2.24, 2.45) is 11.5 Å². The van der Waals surface area contributed by atoms with Crippen LogP contribution < -0.4 is 16.2 Å². The predicted octanol–water partition coefficient (Wildman–Crippen LogP) is 1.88. The molecule has 1 aromatic rings. The van der Waals surface area contributed by atoms with Crippen LogP contribution in [-0.4, -0.2) is 19.1 Å². The van der Waals surface area contributed by atoms with Gasteiger partial charge in [-0.3, -0.25) is 0 Å². The van der Waals surface area contributed by atoms with Crippen LogP contribution in [0.15, 0.2) is 24.3 Å². The molecule has 1 atom stereocenters. The van der Waals surface area contributed by atoms with Gasteiger partial charge in [-0.15, -0.1) is 0 Å². The van der Waals surface area contributed by atoms with Crippen molar-refractivity contribution >= 4 is 0 Å². The van der Waals surface area contributed by atoms with E-state index in [2.05, 4.69) is 4.74 Å². The summed E-state index contributed by atoms with van der Waals surface area (Å²) in [5.74, 6) is -0.393. The number of nitrogens with two attached hydrogens (primary N) is 2. The number of halogens is 4. The lowest BCUT2D eigenvalue weighted by atomic mass is 10.1. The molecular weight excluding hydrogens is 240 g/mol. The highest BCUT2D eigenvalue weighted by Gasteiger charge is 2.44. The second kappa shape index (κ2) is 5.33. The lowest BCUT2D eigenvalue weighted by molar-refractivity contribution is -0.253. The molecule has 0 aliphatic heterocycles. The van der Waals surface area contributed by atoms with Gasteiger partial charge < -0.3 is 16.2 Å². The summed E-state index contributed by atoms with van der Waals surface area (Å²) in [5.41, 5.74) is 11.0. The number of alkyl halides is 4. The zero-order valence-electron chi connectivity index (χ0n) is 8.75. The first kappa shape index (κ1) is 13.7. The molecule has 96 valence electrons. The Morgan fingerprint density at radius 1 is 1.24 bits per heavy atom. The Balaban J connectivity index is 2.98. The van der Waals surface area contributed by atoms with Gasteiger partial charge in [-0.05, 0) is 6.07 Å². The van der Waals surface area contributed by atoms with Crippen LogP contribution in [0.25, 0.3) is 0 Å². The molecule has 0 aromatic heterocycles. The summed E-state index contributed by atoms with van der Waals surface area (Å²) >= 11 is 0. The molecule has 0 fully saturated rings. The SMILES string of the molecule is NC[C@@H](N)c1ccccc1OC(F)(F)C(F)F. The van der Waals surface area contributed by atoms with E-state index in [4.69, 9.17) is 11.5 Å². The Bertz CT molecular complexity index is 373. The Morgan fingerprint density at radius 3 is 2.35 bits per heavy atom. The lowest BCUT2D eigenvalue weighted by Crippen LogP contribution is -2.34. The minimum absolute atomic E-state index is 0.0133. The molecule has 0 aliphatic rings. The normalized spacial score (nSPS) is 13.8. The standard InChI is InChI=1S/C10H12F4N2O/c11-9(12)10(13,14)17-8-4-2-1-3-6(8)7(16)5-15/h1-4,7,9H,5,15-16H2/t7-/m1/s1. The van der Waals surface area contributed by atoms with E-state index >= 15 is 0 Å². The van der Waals surface area contributed by atoms with E-state index in [1.54, 1.807) is 0 Å². The minimum Gasteiger partial charge on any atom is -0.428 e. The van der Waals surface area contributed by atoms with Crippen LogP contribution in [0.1, 0.15) is 11.6 Å². The van der Waals surface area contributed by atoms with Gasteiger partial charge in [0.1, 0.15) is 5.75 Å². The maximum Gasteiger partial charge on any atom is 0.461 e. The molecule has 1 rings (SSSR count). The number of hydrogen-bond acceptors (Lipinski definition) is 3. The molecule has 4 N–H and O–H groups in total. The number of benzene rings is 1. The van der Waals surface area contributed by atoms with Crippen molar-refractivity contribution in [1.82, 2.24) is 0 Å². The van der Waals surface area contributed by atoms with Gasteiger partial charge in [0.15, 0.2) is 0 Å². The van der Waals surface area contributed by atoms with Crippen LogP contribution in [-0.2, 0) is 0 Å². The highest BCUT2D eigenvalue weighted by atomic mass is 19.3. The second-order valence-corrected chi connectivity index (χ2v) is 3.34. The summed E-state index contributed by atoms with van der Waals surface area (Å²) < 4.78 is 53.4. The van der Waals surface area contributed by atoms with Gasteiger partial charge in [-0.1, -0.05) is 18.2 Å².